The van der Waals surface area contributed by atoms with Crippen molar-refractivity contribution in [3.05, 3.63) is 70.5 Å². The number of carbonyl (C=O) groups excluding carboxylic acids is 1. The van der Waals surface area contributed by atoms with Crippen LogP contribution in [-0.2, 0) is 4.79 Å². The van der Waals surface area contributed by atoms with Crippen molar-refractivity contribution in [2.24, 2.45) is 0 Å². The predicted molar refractivity (Wildman–Crippen MR) is 96.9 cm³/mol. The molecule has 0 fully saturated rings. The van der Waals surface area contributed by atoms with Crippen molar-refractivity contribution >= 4 is 38.3 Å². The summed E-state index contributed by atoms with van der Waals surface area (Å²) >= 11 is 3.50. The molecule has 0 unspecified atom stereocenters. The van der Waals surface area contributed by atoms with Crippen LogP contribution < -0.4 is 10.1 Å². The van der Waals surface area contributed by atoms with Crippen LogP contribution in [0.3, 0.4) is 0 Å². The van der Waals surface area contributed by atoms with Crippen LogP contribution in [0, 0.1) is 12.7 Å². The maximum atomic E-state index is 13.7. The molecule has 0 aliphatic rings. The second kappa shape index (κ2) is 7.01. The van der Waals surface area contributed by atoms with Gasteiger partial charge >= 0.3 is 0 Å². The second-order valence-corrected chi connectivity index (χ2v) is 6.21. The summed E-state index contributed by atoms with van der Waals surface area (Å²) in [6.45, 7) is 1.58. The summed E-state index contributed by atoms with van der Waals surface area (Å²) in [5.74, 6) is -0.318. The van der Waals surface area contributed by atoms with Gasteiger partial charge in [-0.15, -0.1) is 0 Å². The second-order valence-electron chi connectivity index (χ2n) is 5.42. The van der Waals surface area contributed by atoms with Gasteiger partial charge in [-0.2, -0.15) is 0 Å². The number of anilines is 1. The molecule has 5 heteroatoms. The maximum Gasteiger partial charge on any atom is 0.262 e. The lowest BCUT2D eigenvalue weighted by molar-refractivity contribution is -0.118. The Balaban J connectivity index is 1.69. The van der Waals surface area contributed by atoms with E-state index < -0.39 is 11.7 Å². The molecule has 0 aliphatic carbocycles. The van der Waals surface area contributed by atoms with Gasteiger partial charge in [-0.25, -0.2) is 4.39 Å². The fourth-order valence-corrected chi connectivity index (χ4v) is 2.98. The third kappa shape index (κ3) is 3.57. The van der Waals surface area contributed by atoms with E-state index in [1.165, 1.54) is 12.1 Å². The Morgan fingerprint density at radius 2 is 1.96 bits per heavy atom. The van der Waals surface area contributed by atoms with Crippen LogP contribution in [0.15, 0.2) is 59.1 Å². The molecule has 0 radical (unpaired) electrons. The first kappa shape index (κ1) is 16.5. The molecule has 3 aromatic rings. The largest absolute Gasteiger partial charge is 0.483 e. The van der Waals surface area contributed by atoms with E-state index in [1.807, 2.05) is 30.3 Å². The summed E-state index contributed by atoms with van der Waals surface area (Å²) in [4.78, 5) is 12.0. The minimum atomic E-state index is -0.463. The first-order valence-corrected chi connectivity index (χ1v) is 8.20. The van der Waals surface area contributed by atoms with Crippen LogP contribution in [0.25, 0.3) is 10.8 Å². The third-order valence-corrected chi connectivity index (χ3v) is 4.40. The molecule has 122 valence electrons. The molecule has 3 nitrogen and oxygen atoms in total. The van der Waals surface area contributed by atoms with Gasteiger partial charge in [-0.3, -0.25) is 4.79 Å². The van der Waals surface area contributed by atoms with E-state index in [0.717, 1.165) is 20.8 Å². The fraction of sp³-hybridized carbons (Fsp3) is 0.105. The van der Waals surface area contributed by atoms with Crippen molar-refractivity contribution < 1.29 is 13.9 Å². The SMILES string of the molecule is Cc1ccc(NC(=O)COc2ccc3ccccc3c2Br)c(F)c1. The highest BCUT2D eigenvalue weighted by Gasteiger charge is 2.10. The number of benzene rings is 3. The minimum Gasteiger partial charge on any atom is -0.483 e. The average molecular weight is 388 g/mol. The normalized spacial score (nSPS) is 10.6. The van der Waals surface area contributed by atoms with Gasteiger partial charge < -0.3 is 10.1 Å². The molecule has 0 heterocycles. The Kier molecular flexibility index (Phi) is 4.81. The topological polar surface area (TPSA) is 38.3 Å². The molecule has 0 bridgehead atoms. The zero-order chi connectivity index (χ0) is 17.1. The van der Waals surface area contributed by atoms with Crippen molar-refractivity contribution in [1.82, 2.24) is 0 Å². The highest BCUT2D eigenvalue weighted by atomic mass is 79.9. The molecule has 0 saturated carbocycles. The molecule has 1 N–H and O–H groups in total. The van der Waals surface area contributed by atoms with Crippen LogP contribution in [0.1, 0.15) is 5.56 Å². The van der Waals surface area contributed by atoms with Gasteiger partial charge in [0, 0.05) is 0 Å². The third-order valence-electron chi connectivity index (χ3n) is 3.59. The summed E-state index contributed by atoms with van der Waals surface area (Å²) in [7, 11) is 0. The Hall–Kier alpha value is -2.40. The highest BCUT2D eigenvalue weighted by Crippen LogP contribution is 2.33. The molecule has 24 heavy (non-hydrogen) atoms. The van der Waals surface area contributed by atoms with E-state index in [9.17, 15) is 9.18 Å². The number of carbonyl (C=O) groups is 1. The Morgan fingerprint density at radius 1 is 1.17 bits per heavy atom. The van der Waals surface area contributed by atoms with Crippen molar-refractivity contribution in [3.63, 3.8) is 0 Å². The van der Waals surface area contributed by atoms with Gasteiger partial charge in [0.2, 0.25) is 0 Å². The zero-order valence-electron chi connectivity index (χ0n) is 13.0. The van der Waals surface area contributed by atoms with E-state index in [4.69, 9.17) is 4.74 Å². The van der Waals surface area contributed by atoms with E-state index >= 15 is 0 Å². The Morgan fingerprint density at radius 3 is 2.75 bits per heavy atom. The number of fused-ring (bicyclic) bond motifs is 1. The molecular formula is C19H15BrFNO2. The van der Waals surface area contributed by atoms with Crippen molar-refractivity contribution in [3.8, 4) is 5.75 Å². The molecule has 0 aromatic heterocycles. The number of rotatable bonds is 4. The molecule has 0 spiro atoms. The molecule has 0 atom stereocenters. The quantitative estimate of drug-likeness (QED) is 0.678. The van der Waals surface area contributed by atoms with Gasteiger partial charge in [0.1, 0.15) is 11.6 Å². The Labute approximate surface area is 147 Å². The van der Waals surface area contributed by atoms with Gasteiger partial charge in [0.25, 0.3) is 5.91 Å². The van der Waals surface area contributed by atoms with Gasteiger partial charge in [-0.1, -0.05) is 36.4 Å². The minimum absolute atomic E-state index is 0.145. The van der Waals surface area contributed by atoms with Crippen LogP contribution >= 0.6 is 15.9 Å². The van der Waals surface area contributed by atoms with Gasteiger partial charge in [-0.05, 0) is 57.4 Å². The highest BCUT2D eigenvalue weighted by molar-refractivity contribution is 9.10. The summed E-state index contributed by atoms with van der Waals surface area (Å²) in [6, 6.07) is 16.2. The maximum absolute atomic E-state index is 13.7. The van der Waals surface area contributed by atoms with E-state index in [0.29, 0.717) is 5.75 Å². The Bertz CT molecular complexity index is 911. The van der Waals surface area contributed by atoms with E-state index in [1.54, 1.807) is 19.1 Å². The molecule has 0 saturated heterocycles. The molecule has 3 aromatic carbocycles. The number of nitrogens with one attached hydrogen (secondary N) is 1. The first-order valence-electron chi connectivity index (χ1n) is 7.40. The van der Waals surface area contributed by atoms with Crippen LogP contribution in [0.2, 0.25) is 0 Å². The van der Waals surface area contributed by atoms with Crippen molar-refractivity contribution in [1.29, 1.82) is 0 Å². The smallest absolute Gasteiger partial charge is 0.262 e. The van der Waals surface area contributed by atoms with Crippen molar-refractivity contribution in [2.45, 2.75) is 6.92 Å². The van der Waals surface area contributed by atoms with E-state index in [-0.39, 0.29) is 12.3 Å². The number of amides is 1. The average Bonchev–Trinajstić information content (AvgIpc) is 2.57. The van der Waals surface area contributed by atoms with E-state index in [2.05, 4.69) is 21.2 Å². The number of ether oxygens (including phenoxy) is 1. The van der Waals surface area contributed by atoms with Crippen LogP contribution in [-0.4, -0.2) is 12.5 Å². The number of aryl methyl sites for hydroxylation is 1. The molecular weight excluding hydrogens is 373 g/mol. The first-order chi connectivity index (χ1) is 11.5. The predicted octanol–water partition coefficient (Wildman–Crippen LogP) is 5.07. The molecule has 1 amide bonds. The molecule has 0 aliphatic heterocycles. The summed E-state index contributed by atoms with van der Waals surface area (Å²) in [5.41, 5.74) is 0.939. The lowest BCUT2D eigenvalue weighted by Gasteiger charge is -2.11. The monoisotopic (exact) mass is 387 g/mol. The fourth-order valence-electron chi connectivity index (χ4n) is 2.38. The van der Waals surface area contributed by atoms with Crippen LogP contribution in [0.5, 0.6) is 5.75 Å². The lowest BCUT2D eigenvalue weighted by Crippen LogP contribution is -2.21. The summed E-state index contributed by atoms with van der Waals surface area (Å²) in [6.07, 6.45) is 0. The number of hydrogen-bond donors (Lipinski definition) is 1. The summed E-state index contributed by atoms with van der Waals surface area (Å²) in [5, 5.41) is 4.58. The van der Waals surface area contributed by atoms with Gasteiger partial charge in [0.15, 0.2) is 6.61 Å². The number of hydrogen-bond acceptors (Lipinski definition) is 2. The van der Waals surface area contributed by atoms with Crippen LogP contribution in [0.4, 0.5) is 10.1 Å². The van der Waals surface area contributed by atoms with Crippen molar-refractivity contribution in [2.75, 3.05) is 11.9 Å². The lowest BCUT2D eigenvalue weighted by atomic mass is 10.1. The summed E-state index contributed by atoms with van der Waals surface area (Å²) < 4.78 is 20.1. The molecule has 3 rings (SSSR count). The van der Waals surface area contributed by atoms with Gasteiger partial charge in [0.05, 0.1) is 10.2 Å². The standard InChI is InChI=1S/C19H15BrFNO2/c1-12-6-8-16(15(21)10-12)22-18(23)11-24-17-9-7-13-4-2-3-5-14(13)19(17)20/h2-10H,11H2,1H3,(H,22,23). The number of halogens is 2. The zero-order valence-corrected chi connectivity index (χ0v) is 14.6.